The highest BCUT2D eigenvalue weighted by atomic mass is 32.2. The van der Waals surface area contributed by atoms with Gasteiger partial charge in [0.2, 0.25) is 10.0 Å². The number of anilines is 1. The average molecular weight is 290 g/mol. The van der Waals surface area contributed by atoms with Gasteiger partial charge in [-0.05, 0) is 37.1 Å². The Morgan fingerprint density at radius 3 is 2.61 bits per heavy atom. The Kier molecular flexibility index (Phi) is 4.64. The van der Waals surface area contributed by atoms with Crippen LogP contribution in [0.25, 0.3) is 0 Å². The smallest absolute Gasteiger partial charge is 0.242 e. The van der Waals surface area contributed by atoms with Crippen LogP contribution in [0, 0.1) is 12.7 Å². The molecular formula is C11H15FN2O2S2. The SMILES string of the molecule is CCC(C(N)=S)S(=O)(=O)Nc1ccc(F)c(C)c1. The minimum atomic E-state index is -3.69. The second-order valence-electron chi connectivity index (χ2n) is 3.91. The third-order valence-corrected chi connectivity index (χ3v) is 4.77. The fraction of sp³-hybridized carbons (Fsp3) is 0.364. The number of rotatable bonds is 5. The molecule has 1 rings (SSSR count). The van der Waals surface area contributed by atoms with Crippen LogP contribution in [-0.2, 0) is 10.0 Å². The standard InChI is InChI=1S/C11H15FN2O2S2/c1-3-10(11(13)17)18(15,16)14-8-4-5-9(12)7(2)6-8/h4-6,10,14H,3H2,1-2H3,(H2,13,17). The van der Waals surface area contributed by atoms with Crippen LogP contribution in [0.4, 0.5) is 10.1 Å². The van der Waals surface area contributed by atoms with Crippen molar-refractivity contribution in [3.05, 3.63) is 29.6 Å². The van der Waals surface area contributed by atoms with Gasteiger partial charge < -0.3 is 5.73 Å². The second kappa shape index (κ2) is 5.62. The Labute approximate surface area is 111 Å². The van der Waals surface area contributed by atoms with Gasteiger partial charge in [-0.15, -0.1) is 0 Å². The third-order valence-electron chi connectivity index (χ3n) is 2.48. The van der Waals surface area contributed by atoms with Crippen molar-refractivity contribution in [2.24, 2.45) is 5.73 Å². The Balaban J connectivity index is 3.01. The molecule has 0 aromatic heterocycles. The van der Waals surface area contributed by atoms with E-state index < -0.39 is 15.3 Å². The van der Waals surface area contributed by atoms with E-state index in [4.69, 9.17) is 18.0 Å². The molecule has 0 radical (unpaired) electrons. The van der Waals surface area contributed by atoms with Crippen molar-refractivity contribution in [3.8, 4) is 0 Å². The zero-order valence-corrected chi connectivity index (χ0v) is 11.7. The Hall–Kier alpha value is -1.21. The van der Waals surface area contributed by atoms with E-state index in [1.54, 1.807) is 13.8 Å². The molecule has 1 aromatic carbocycles. The minimum Gasteiger partial charge on any atom is -0.392 e. The number of hydrogen-bond donors (Lipinski definition) is 2. The third kappa shape index (κ3) is 3.39. The van der Waals surface area contributed by atoms with Crippen LogP contribution in [0.3, 0.4) is 0 Å². The molecule has 0 aliphatic heterocycles. The summed E-state index contributed by atoms with van der Waals surface area (Å²) in [5, 5.41) is -0.933. The van der Waals surface area contributed by atoms with E-state index in [0.29, 0.717) is 11.3 Å². The summed E-state index contributed by atoms with van der Waals surface area (Å²) in [6, 6.07) is 3.97. The molecule has 3 N–H and O–H groups in total. The van der Waals surface area contributed by atoms with E-state index in [2.05, 4.69) is 4.72 Å². The average Bonchev–Trinajstić information content (AvgIpc) is 2.22. The normalized spacial score (nSPS) is 13.1. The van der Waals surface area contributed by atoms with Gasteiger partial charge in [-0.2, -0.15) is 0 Å². The molecule has 0 saturated heterocycles. The zero-order valence-electron chi connectivity index (χ0n) is 10.1. The van der Waals surface area contributed by atoms with E-state index in [1.807, 2.05) is 0 Å². The quantitative estimate of drug-likeness (QED) is 0.813. The lowest BCUT2D eigenvalue weighted by Crippen LogP contribution is -2.37. The molecule has 7 heteroatoms. The van der Waals surface area contributed by atoms with Crippen molar-refractivity contribution in [2.45, 2.75) is 25.5 Å². The number of halogens is 1. The molecule has 0 spiro atoms. The van der Waals surface area contributed by atoms with E-state index in [0.717, 1.165) is 0 Å². The molecule has 0 saturated carbocycles. The van der Waals surface area contributed by atoms with Gasteiger partial charge in [0.25, 0.3) is 0 Å². The van der Waals surface area contributed by atoms with Crippen molar-refractivity contribution in [3.63, 3.8) is 0 Å². The van der Waals surface area contributed by atoms with Crippen molar-refractivity contribution >= 4 is 32.9 Å². The highest BCUT2D eigenvalue weighted by Crippen LogP contribution is 2.17. The summed E-state index contributed by atoms with van der Waals surface area (Å²) >= 11 is 4.73. The fourth-order valence-corrected chi connectivity index (χ4v) is 3.41. The molecule has 0 fully saturated rings. The molecule has 0 aliphatic rings. The first-order valence-electron chi connectivity index (χ1n) is 5.35. The lowest BCUT2D eigenvalue weighted by molar-refractivity contribution is 0.594. The Morgan fingerprint density at radius 2 is 2.17 bits per heavy atom. The molecule has 0 heterocycles. The molecule has 0 bridgehead atoms. The first-order chi connectivity index (χ1) is 8.27. The molecular weight excluding hydrogens is 275 g/mol. The van der Waals surface area contributed by atoms with Crippen LogP contribution in [0.15, 0.2) is 18.2 Å². The van der Waals surface area contributed by atoms with Gasteiger partial charge in [0.1, 0.15) is 11.1 Å². The maximum absolute atomic E-state index is 13.1. The predicted octanol–water partition coefficient (Wildman–Crippen LogP) is 1.94. The number of aryl methyl sites for hydroxylation is 1. The summed E-state index contributed by atoms with van der Waals surface area (Å²) in [5.41, 5.74) is 6.05. The molecule has 4 nitrogen and oxygen atoms in total. The topological polar surface area (TPSA) is 72.2 Å². The molecule has 1 aromatic rings. The number of benzene rings is 1. The summed E-state index contributed by atoms with van der Waals surface area (Å²) in [4.78, 5) is -0.0798. The highest BCUT2D eigenvalue weighted by molar-refractivity contribution is 7.95. The van der Waals surface area contributed by atoms with Crippen LogP contribution in [-0.4, -0.2) is 18.7 Å². The number of nitrogens with two attached hydrogens (primary N) is 1. The molecule has 1 unspecified atom stereocenters. The summed E-state index contributed by atoms with van der Waals surface area (Å²) in [5.74, 6) is -0.390. The summed E-state index contributed by atoms with van der Waals surface area (Å²) < 4.78 is 39.4. The van der Waals surface area contributed by atoms with Crippen LogP contribution in [0.5, 0.6) is 0 Å². The van der Waals surface area contributed by atoms with Crippen molar-refractivity contribution in [1.82, 2.24) is 0 Å². The maximum Gasteiger partial charge on any atom is 0.242 e. The first kappa shape index (κ1) is 14.8. The molecule has 18 heavy (non-hydrogen) atoms. The monoisotopic (exact) mass is 290 g/mol. The first-order valence-corrected chi connectivity index (χ1v) is 7.30. The lowest BCUT2D eigenvalue weighted by atomic mass is 10.2. The lowest BCUT2D eigenvalue weighted by Gasteiger charge is -2.16. The van der Waals surface area contributed by atoms with E-state index >= 15 is 0 Å². The Morgan fingerprint density at radius 1 is 1.56 bits per heavy atom. The summed E-state index contributed by atoms with van der Waals surface area (Å²) in [6.45, 7) is 3.23. The van der Waals surface area contributed by atoms with Crippen LogP contribution in [0.1, 0.15) is 18.9 Å². The van der Waals surface area contributed by atoms with Crippen LogP contribution < -0.4 is 10.5 Å². The molecule has 0 aliphatic carbocycles. The number of nitrogens with one attached hydrogen (secondary N) is 1. The van der Waals surface area contributed by atoms with Gasteiger partial charge >= 0.3 is 0 Å². The second-order valence-corrected chi connectivity index (χ2v) is 6.24. The fourth-order valence-electron chi connectivity index (χ4n) is 1.52. The number of thiocarbonyl (C=S) groups is 1. The van der Waals surface area contributed by atoms with Crippen molar-refractivity contribution in [2.75, 3.05) is 4.72 Å². The van der Waals surface area contributed by atoms with E-state index in [-0.39, 0.29) is 17.2 Å². The van der Waals surface area contributed by atoms with Gasteiger partial charge in [-0.1, -0.05) is 19.1 Å². The van der Waals surface area contributed by atoms with Crippen LogP contribution in [0.2, 0.25) is 0 Å². The maximum atomic E-state index is 13.1. The zero-order chi connectivity index (χ0) is 13.9. The highest BCUT2D eigenvalue weighted by Gasteiger charge is 2.26. The predicted molar refractivity (Wildman–Crippen MR) is 74.5 cm³/mol. The largest absolute Gasteiger partial charge is 0.392 e. The van der Waals surface area contributed by atoms with Gasteiger partial charge in [0.15, 0.2) is 0 Å². The summed E-state index contributed by atoms with van der Waals surface area (Å²) in [7, 11) is -3.69. The van der Waals surface area contributed by atoms with Gasteiger partial charge in [-0.3, -0.25) is 4.72 Å². The number of sulfonamides is 1. The van der Waals surface area contributed by atoms with Gasteiger partial charge in [0.05, 0.1) is 4.99 Å². The Bertz CT molecular complexity index is 558. The molecule has 1 atom stereocenters. The van der Waals surface area contributed by atoms with E-state index in [9.17, 15) is 12.8 Å². The van der Waals surface area contributed by atoms with E-state index in [1.165, 1.54) is 18.2 Å². The molecule has 0 amide bonds. The van der Waals surface area contributed by atoms with Gasteiger partial charge in [0, 0.05) is 5.69 Å². The summed E-state index contributed by atoms with van der Waals surface area (Å²) in [6.07, 6.45) is 0.283. The van der Waals surface area contributed by atoms with Crippen LogP contribution >= 0.6 is 12.2 Å². The molecule has 100 valence electrons. The van der Waals surface area contributed by atoms with Gasteiger partial charge in [-0.25, -0.2) is 12.8 Å². The number of hydrogen-bond acceptors (Lipinski definition) is 3. The van der Waals surface area contributed by atoms with Crippen molar-refractivity contribution < 1.29 is 12.8 Å². The minimum absolute atomic E-state index is 0.0798. The van der Waals surface area contributed by atoms with Crippen molar-refractivity contribution in [1.29, 1.82) is 0 Å².